The van der Waals surface area contributed by atoms with Gasteiger partial charge in [-0.1, -0.05) is 11.6 Å². The number of halogens is 2. The van der Waals surface area contributed by atoms with E-state index in [0.717, 1.165) is 12.1 Å². The molecule has 0 aliphatic rings. The fourth-order valence-electron chi connectivity index (χ4n) is 0.914. The van der Waals surface area contributed by atoms with Crippen LogP contribution in [0.15, 0.2) is 18.2 Å². The number of carbonyl (C=O) groups excluding carboxylic acids is 1. The Hall–Kier alpha value is -1.55. The number of primary amides is 1. The second-order valence-corrected chi connectivity index (χ2v) is 3.06. The minimum absolute atomic E-state index is 0.0631. The molecule has 0 radical (unpaired) electrons. The van der Waals surface area contributed by atoms with E-state index in [9.17, 15) is 9.18 Å². The monoisotopic (exact) mass is 214 g/mol. The molecule has 0 saturated heterocycles. The summed E-state index contributed by atoms with van der Waals surface area (Å²) >= 11 is 5.59. The van der Waals surface area contributed by atoms with Gasteiger partial charge in [-0.15, -0.1) is 0 Å². The van der Waals surface area contributed by atoms with Crippen LogP contribution >= 0.6 is 11.6 Å². The maximum atomic E-state index is 13.0. The lowest BCUT2D eigenvalue weighted by atomic mass is 10.1. The van der Waals surface area contributed by atoms with Crippen LogP contribution in [0.25, 0.3) is 6.08 Å². The molecule has 1 aromatic rings. The van der Waals surface area contributed by atoms with Crippen molar-refractivity contribution < 1.29 is 9.18 Å². The summed E-state index contributed by atoms with van der Waals surface area (Å²) in [6.45, 7) is 0. The Labute approximate surface area is 85.1 Å². The van der Waals surface area contributed by atoms with Crippen molar-refractivity contribution in [1.29, 1.82) is 0 Å². The molecule has 0 aromatic heterocycles. The van der Waals surface area contributed by atoms with Crippen molar-refractivity contribution in [3.05, 3.63) is 34.6 Å². The number of hydrogen-bond donors (Lipinski definition) is 2. The first kappa shape index (κ1) is 10.5. The fourth-order valence-corrected chi connectivity index (χ4v) is 1.13. The fraction of sp³-hybridized carbons (Fsp3) is 0. The summed E-state index contributed by atoms with van der Waals surface area (Å²) < 4.78 is 13.0. The minimum Gasteiger partial charge on any atom is -0.396 e. The first-order valence-electron chi connectivity index (χ1n) is 3.72. The molecule has 74 valence electrons. The zero-order chi connectivity index (χ0) is 10.7. The van der Waals surface area contributed by atoms with E-state index < -0.39 is 11.7 Å². The summed E-state index contributed by atoms with van der Waals surface area (Å²) in [6.07, 6.45) is 2.40. The molecular weight excluding hydrogens is 207 g/mol. The SMILES string of the molecule is NC(=O)C=Cc1cc(Cl)cc(F)c1N. The van der Waals surface area contributed by atoms with Gasteiger partial charge in [-0.25, -0.2) is 4.39 Å². The van der Waals surface area contributed by atoms with Crippen molar-refractivity contribution in [2.75, 3.05) is 5.73 Å². The number of hydrogen-bond acceptors (Lipinski definition) is 2. The van der Waals surface area contributed by atoms with Gasteiger partial charge in [0.05, 0.1) is 5.69 Å². The predicted molar refractivity (Wildman–Crippen MR) is 54.1 cm³/mol. The van der Waals surface area contributed by atoms with Crippen LogP contribution in [0.5, 0.6) is 0 Å². The van der Waals surface area contributed by atoms with Crippen molar-refractivity contribution >= 4 is 29.3 Å². The Morgan fingerprint density at radius 1 is 1.50 bits per heavy atom. The largest absolute Gasteiger partial charge is 0.396 e. The molecule has 0 unspecified atom stereocenters. The van der Waals surface area contributed by atoms with E-state index >= 15 is 0 Å². The molecule has 0 fully saturated rings. The van der Waals surface area contributed by atoms with Crippen molar-refractivity contribution in [3.8, 4) is 0 Å². The van der Waals surface area contributed by atoms with Crippen LogP contribution in [-0.4, -0.2) is 5.91 Å². The van der Waals surface area contributed by atoms with Crippen LogP contribution in [0.2, 0.25) is 5.02 Å². The normalized spacial score (nSPS) is 10.7. The van der Waals surface area contributed by atoms with Gasteiger partial charge in [0, 0.05) is 16.7 Å². The van der Waals surface area contributed by atoms with E-state index in [2.05, 4.69) is 0 Å². The van der Waals surface area contributed by atoms with Crippen molar-refractivity contribution in [1.82, 2.24) is 0 Å². The highest BCUT2D eigenvalue weighted by Crippen LogP contribution is 2.22. The third-order valence-corrected chi connectivity index (χ3v) is 1.77. The summed E-state index contributed by atoms with van der Waals surface area (Å²) in [4.78, 5) is 10.4. The number of carbonyl (C=O) groups is 1. The maximum Gasteiger partial charge on any atom is 0.241 e. The van der Waals surface area contributed by atoms with Gasteiger partial charge in [0.25, 0.3) is 0 Å². The Bertz CT molecular complexity index is 404. The maximum absolute atomic E-state index is 13.0. The van der Waals surface area contributed by atoms with E-state index in [0.29, 0.717) is 5.56 Å². The lowest BCUT2D eigenvalue weighted by molar-refractivity contribution is -0.113. The average Bonchev–Trinajstić information content (AvgIpc) is 2.08. The highest BCUT2D eigenvalue weighted by Gasteiger charge is 2.04. The van der Waals surface area contributed by atoms with Crippen LogP contribution in [-0.2, 0) is 4.79 Å². The molecule has 0 saturated carbocycles. The molecule has 1 aromatic carbocycles. The van der Waals surface area contributed by atoms with Gasteiger partial charge in [0.15, 0.2) is 0 Å². The van der Waals surface area contributed by atoms with Gasteiger partial charge in [-0.2, -0.15) is 0 Å². The lowest BCUT2D eigenvalue weighted by Gasteiger charge is -2.02. The van der Waals surface area contributed by atoms with E-state index in [4.69, 9.17) is 23.1 Å². The van der Waals surface area contributed by atoms with Crippen molar-refractivity contribution in [2.24, 2.45) is 5.73 Å². The molecule has 1 amide bonds. The second kappa shape index (κ2) is 4.11. The smallest absolute Gasteiger partial charge is 0.241 e. The van der Waals surface area contributed by atoms with Crippen LogP contribution in [0.1, 0.15) is 5.56 Å². The quantitative estimate of drug-likeness (QED) is 0.580. The molecule has 0 aliphatic heterocycles. The first-order chi connectivity index (χ1) is 6.50. The van der Waals surface area contributed by atoms with Crippen LogP contribution in [0.3, 0.4) is 0 Å². The summed E-state index contributed by atoms with van der Waals surface area (Å²) in [6, 6.07) is 2.54. The molecular formula is C9H8ClFN2O. The van der Waals surface area contributed by atoms with Gasteiger partial charge in [0.2, 0.25) is 5.91 Å². The molecule has 5 heteroatoms. The molecule has 3 nitrogen and oxygen atoms in total. The molecule has 0 atom stereocenters. The Kier molecular flexibility index (Phi) is 3.09. The van der Waals surface area contributed by atoms with E-state index in [1.807, 2.05) is 0 Å². The van der Waals surface area contributed by atoms with Crippen molar-refractivity contribution in [3.63, 3.8) is 0 Å². The lowest BCUT2D eigenvalue weighted by Crippen LogP contribution is -2.05. The average molecular weight is 215 g/mol. The van der Waals surface area contributed by atoms with Crippen molar-refractivity contribution in [2.45, 2.75) is 0 Å². The molecule has 0 spiro atoms. The number of nitrogen functional groups attached to an aromatic ring is 1. The van der Waals surface area contributed by atoms with Gasteiger partial charge in [0.1, 0.15) is 5.82 Å². The number of rotatable bonds is 2. The second-order valence-electron chi connectivity index (χ2n) is 2.63. The summed E-state index contributed by atoms with van der Waals surface area (Å²) in [5.74, 6) is -1.26. The number of nitrogens with two attached hydrogens (primary N) is 2. The van der Waals surface area contributed by atoms with Gasteiger partial charge in [-0.3, -0.25) is 4.79 Å². The highest BCUT2D eigenvalue weighted by atomic mass is 35.5. The summed E-state index contributed by atoms with van der Waals surface area (Å²) in [5, 5.41) is 0.209. The highest BCUT2D eigenvalue weighted by molar-refractivity contribution is 6.30. The number of benzene rings is 1. The zero-order valence-electron chi connectivity index (χ0n) is 7.13. The zero-order valence-corrected chi connectivity index (χ0v) is 7.88. The van der Waals surface area contributed by atoms with Gasteiger partial charge in [-0.05, 0) is 18.2 Å². The summed E-state index contributed by atoms with van der Waals surface area (Å²) in [7, 11) is 0. The third-order valence-electron chi connectivity index (χ3n) is 1.55. The van der Waals surface area contributed by atoms with E-state index in [-0.39, 0.29) is 10.7 Å². The number of amides is 1. The Morgan fingerprint density at radius 2 is 2.14 bits per heavy atom. The third kappa shape index (κ3) is 2.47. The number of anilines is 1. The topological polar surface area (TPSA) is 69.1 Å². The molecule has 0 heterocycles. The minimum atomic E-state index is -0.634. The van der Waals surface area contributed by atoms with E-state index in [1.165, 1.54) is 12.1 Å². The molecule has 1 rings (SSSR count). The molecule has 0 bridgehead atoms. The predicted octanol–water partition coefficient (Wildman–Crippen LogP) is 1.56. The van der Waals surface area contributed by atoms with Crippen LogP contribution in [0, 0.1) is 5.82 Å². The van der Waals surface area contributed by atoms with Crippen LogP contribution < -0.4 is 11.5 Å². The van der Waals surface area contributed by atoms with Gasteiger partial charge >= 0.3 is 0 Å². The standard InChI is InChI=1S/C9H8ClFN2O/c10-6-3-5(1-2-8(12)14)9(13)7(11)4-6/h1-4H,13H2,(H2,12,14). The Balaban J connectivity index is 3.14. The molecule has 4 N–H and O–H groups in total. The van der Waals surface area contributed by atoms with E-state index in [1.54, 1.807) is 0 Å². The van der Waals surface area contributed by atoms with Crippen LogP contribution in [0.4, 0.5) is 10.1 Å². The van der Waals surface area contributed by atoms with Gasteiger partial charge < -0.3 is 11.5 Å². The summed E-state index contributed by atoms with van der Waals surface area (Å²) in [5.41, 5.74) is 10.5. The Morgan fingerprint density at radius 3 is 2.71 bits per heavy atom. The first-order valence-corrected chi connectivity index (χ1v) is 4.10. The molecule has 14 heavy (non-hydrogen) atoms. The molecule has 0 aliphatic carbocycles.